The molecule has 120 valence electrons. The fraction of sp³-hybridized carbons (Fsp3) is 0.333. The van der Waals surface area contributed by atoms with Crippen LogP contribution in [0.3, 0.4) is 0 Å². The summed E-state index contributed by atoms with van der Waals surface area (Å²) in [5, 5.41) is 8.71. The van der Waals surface area contributed by atoms with E-state index in [2.05, 4.69) is 14.2 Å². The molecule has 0 unspecified atom stereocenters. The minimum Gasteiger partial charge on any atom is -0.462 e. The molecule has 22 heavy (non-hydrogen) atoms. The number of carbonyl (C=O) groups excluding carboxylic acids is 1. The molecule has 0 N–H and O–H groups in total. The third-order valence-electron chi connectivity index (χ3n) is 2.12. The van der Waals surface area contributed by atoms with Crippen LogP contribution in [-0.4, -0.2) is 25.6 Å². The first-order valence-corrected chi connectivity index (χ1v) is 5.63. The Morgan fingerprint density at radius 2 is 1.91 bits per heavy atom. The molecule has 0 fully saturated rings. The lowest BCUT2D eigenvalue weighted by Crippen LogP contribution is -2.21. The third kappa shape index (κ3) is 4.76. The first-order chi connectivity index (χ1) is 10.2. The summed E-state index contributed by atoms with van der Waals surface area (Å²) in [6, 6.07) is 2.69. The number of nitrogens with zero attached hydrogens (tertiary/aromatic N) is 1. The number of esters is 1. The van der Waals surface area contributed by atoms with Crippen LogP contribution in [0.1, 0.15) is 22.8 Å². The van der Waals surface area contributed by atoms with Gasteiger partial charge in [0.1, 0.15) is 17.1 Å². The van der Waals surface area contributed by atoms with Gasteiger partial charge in [0.15, 0.2) is 0 Å². The fourth-order valence-corrected chi connectivity index (χ4v) is 1.45. The summed E-state index contributed by atoms with van der Waals surface area (Å²) in [4.78, 5) is 11.7. The number of rotatable bonds is 5. The van der Waals surface area contributed by atoms with E-state index in [1.54, 1.807) is 0 Å². The predicted molar refractivity (Wildman–Crippen MR) is 60.4 cm³/mol. The van der Waals surface area contributed by atoms with Crippen molar-refractivity contribution in [2.45, 2.75) is 19.9 Å². The van der Waals surface area contributed by atoms with E-state index in [0.29, 0.717) is 12.1 Å². The number of alkyl halides is 5. The average Bonchev–Trinajstić information content (AvgIpc) is 2.35. The minimum atomic E-state index is -5.21. The molecule has 0 aliphatic rings. The molecule has 5 nitrogen and oxygen atoms in total. The van der Waals surface area contributed by atoms with E-state index in [0.717, 1.165) is 0 Å². The maximum absolute atomic E-state index is 12.4. The van der Waals surface area contributed by atoms with Crippen LogP contribution in [0.15, 0.2) is 12.1 Å². The molecule has 0 saturated carbocycles. The fourth-order valence-electron chi connectivity index (χ4n) is 1.45. The molecule has 1 rings (SSSR count). The molecular weight excluding hydrogens is 317 g/mol. The highest BCUT2D eigenvalue weighted by Gasteiger charge is 2.35. The van der Waals surface area contributed by atoms with Gasteiger partial charge in [-0.1, -0.05) is 0 Å². The van der Waals surface area contributed by atoms with Crippen molar-refractivity contribution in [1.82, 2.24) is 0 Å². The SMILES string of the molecule is CCOC(=O)c1c(OC(F)F)cc(C#N)cc1OC(F)(F)F. The van der Waals surface area contributed by atoms with Crippen LogP contribution in [0, 0.1) is 11.3 Å². The molecular formula is C12H8F5NO4. The van der Waals surface area contributed by atoms with Crippen LogP contribution in [-0.2, 0) is 4.74 Å². The van der Waals surface area contributed by atoms with Crippen molar-refractivity contribution in [3.05, 3.63) is 23.3 Å². The van der Waals surface area contributed by atoms with Gasteiger partial charge in [-0.3, -0.25) is 0 Å². The second kappa shape index (κ2) is 6.93. The third-order valence-corrected chi connectivity index (χ3v) is 2.12. The van der Waals surface area contributed by atoms with Gasteiger partial charge in [0.05, 0.1) is 18.2 Å². The van der Waals surface area contributed by atoms with E-state index in [4.69, 9.17) is 5.26 Å². The maximum Gasteiger partial charge on any atom is 0.573 e. The minimum absolute atomic E-state index is 0.224. The Kier molecular flexibility index (Phi) is 5.50. The molecule has 0 aromatic heterocycles. The quantitative estimate of drug-likeness (QED) is 0.614. The van der Waals surface area contributed by atoms with Crippen LogP contribution in [0.5, 0.6) is 11.5 Å². The summed E-state index contributed by atoms with van der Waals surface area (Å²) in [5.41, 5.74) is -1.46. The van der Waals surface area contributed by atoms with Gasteiger partial charge in [-0.25, -0.2) is 4.79 Å². The lowest BCUT2D eigenvalue weighted by atomic mass is 10.1. The molecule has 0 amide bonds. The molecule has 1 aromatic rings. The normalized spacial score (nSPS) is 11.0. The predicted octanol–water partition coefficient (Wildman–Crippen LogP) is 3.23. The number of nitriles is 1. The van der Waals surface area contributed by atoms with E-state index >= 15 is 0 Å². The zero-order valence-corrected chi connectivity index (χ0v) is 10.9. The zero-order valence-electron chi connectivity index (χ0n) is 10.9. The van der Waals surface area contributed by atoms with Gasteiger partial charge in [0.25, 0.3) is 0 Å². The summed E-state index contributed by atoms with van der Waals surface area (Å²) in [5.74, 6) is -3.48. The molecule has 1 aromatic carbocycles. The number of carbonyl (C=O) groups is 1. The largest absolute Gasteiger partial charge is 0.573 e. The number of hydrogen-bond donors (Lipinski definition) is 0. The van der Waals surface area contributed by atoms with Crippen molar-refractivity contribution < 1.29 is 41.0 Å². The van der Waals surface area contributed by atoms with Gasteiger partial charge in [-0.05, 0) is 19.1 Å². The van der Waals surface area contributed by atoms with Gasteiger partial charge < -0.3 is 14.2 Å². The van der Waals surface area contributed by atoms with Crippen LogP contribution in [0.4, 0.5) is 22.0 Å². The Morgan fingerprint density at radius 1 is 1.32 bits per heavy atom. The highest BCUT2D eigenvalue weighted by molar-refractivity contribution is 5.96. The molecule has 0 heterocycles. The van der Waals surface area contributed by atoms with Gasteiger partial charge in [0.2, 0.25) is 0 Å². The first-order valence-electron chi connectivity index (χ1n) is 5.63. The highest BCUT2D eigenvalue weighted by Crippen LogP contribution is 2.35. The van der Waals surface area contributed by atoms with E-state index in [1.165, 1.54) is 13.0 Å². The highest BCUT2D eigenvalue weighted by atomic mass is 19.4. The van der Waals surface area contributed by atoms with Gasteiger partial charge in [-0.2, -0.15) is 14.0 Å². The zero-order chi connectivity index (χ0) is 16.9. The molecule has 10 heteroatoms. The van der Waals surface area contributed by atoms with Crippen molar-refractivity contribution in [1.29, 1.82) is 5.26 Å². The van der Waals surface area contributed by atoms with E-state index in [9.17, 15) is 26.7 Å². The second-order valence-electron chi connectivity index (χ2n) is 3.61. The molecule has 0 radical (unpaired) electrons. The van der Waals surface area contributed by atoms with Crippen molar-refractivity contribution in [3.8, 4) is 17.6 Å². The maximum atomic E-state index is 12.4. The summed E-state index contributed by atoms with van der Waals surface area (Å²) in [6.07, 6.45) is -5.21. The van der Waals surface area contributed by atoms with Crippen molar-refractivity contribution in [3.63, 3.8) is 0 Å². The van der Waals surface area contributed by atoms with Crippen molar-refractivity contribution >= 4 is 5.97 Å². The van der Waals surface area contributed by atoms with Gasteiger partial charge >= 0.3 is 18.9 Å². The summed E-state index contributed by atoms with van der Waals surface area (Å²) >= 11 is 0. The molecule has 0 saturated heterocycles. The Hall–Kier alpha value is -2.57. The van der Waals surface area contributed by atoms with Gasteiger partial charge in [-0.15, -0.1) is 13.2 Å². The van der Waals surface area contributed by atoms with Crippen molar-refractivity contribution in [2.24, 2.45) is 0 Å². The van der Waals surface area contributed by atoms with Crippen molar-refractivity contribution in [2.75, 3.05) is 6.61 Å². The summed E-state index contributed by atoms with van der Waals surface area (Å²) in [6.45, 7) is -2.29. The Balaban J connectivity index is 3.48. The summed E-state index contributed by atoms with van der Waals surface area (Å²) < 4.78 is 73.8. The monoisotopic (exact) mass is 325 g/mol. The standard InChI is InChI=1S/C12H8F5NO4/c1-2-20-10(19)9-7(21-11(13)14)3-6(5-18)4-8(9)22-12(15,16)17/h3-4,11H,2H2,1H3. The van der Waals surface area contributed by atoms with Crippen LogP contribution < -0.4 is 9.47 Å². The summed E-state index contributed by atoms with van der Waals surface area (Å²) in [7, 11) is 0. The Labute approximate surface area is 120 Å². The van der Waals surface area contributed by atoms with Crippen LogP contribution in [0.2, 0.25) is 0 Å². The Morgan fingerprint density at radius 3 is 2.36 bits per heavy atom. The van der Waals surface area contributed by atoms with E-state index < -0.39 is 41.6 Å². The van der Waals surface area contributed by atoms with E-state index in [-0.39, 0.29) is 6.61 Å². The molecule has 0 atom stereocenters. The lowest BCUT2D eigenvalue weighted by Gasteiger charge is -2.16. The number of hydrogen-bond acceptors (Lipinski definition) is 5. The smallest absolute Gasteiger partial charge is 0.462 e. The Bertz CT molecular complexity index is 594. The molecule has 0 spiro atoms. The second-order valence-corrected chi connectivity index (χ2v) is 3.61. The molecule has 0 bridgehead atoms. The lowest BCUT2D eigenvalue weighted by molar-refractivity contribution is -0.274. The van der Waals surface area contributed by atoms with E-state index in [1.807, 2.05) is 0 Å². The number of benzene rings is 1. The average molecular weight is 325 g/mol. The van der Waals surface area contributed by atoms with Gasteiger partial charge in [0, 0.05) is 0 Å². The topological polar surface area (TPSA) is 68.5 Å². The van der Waals surface area contributed by atoms with Crippen LogP contribution >= 0.6 is 0 Å². The molecule has 0 aliphatic heterocycles. The van der Waals surface area contributed by atoms with Crippen LogP contribution in [0.25, 0.3) is 0 Å². The number of ether oxygens (including phenoxy) is 3. The molecule has 0 aliphatic carbocycles. The number of halogens is 5. The first kappa shape index (κ1) is 17.5.